The highest BCUT2D eigenvalue weighted by atomic mass is 16.4. The third-order valence-corrected chi connectivity index (χ3v) is 1.55. The number of carbonyl (C=O) groups is 1. The fourth-order valence-corrected chi connectivity index (χ4v) is 0.947. The van der Waals surface area contributed by atoms with Crippen molar-refractivity contribution in [1.29, 1.82) is 0 Å². The number of carboxylic acid groups (broad SMARTS) is 1. The highest BCUT2D eigenvalue weighted by molar-refractivity contribution is 6.60. The van der Waals surface area contributed by atoms with Crippen molar-refractivity contribution in [2.45, 2.75) is 6.92 Å². The van der Waals surface area contributed by atoms with Crippen LogP contribution in [0.15, 0.2) is 12.1 Å². The molecule has 0 fully saturated rings. The van der Waals surface area contributed by atoms with E-state index in [0.717, 1.165) is 0 Å². The van der Waals surface area contributed by atoms with Crippen LogP contribution in [-0.2, 0) is 0 Å². The molecule has 0 aromatic carbocycles. The van der Waals surface area contributed by atoms with E-state index in [1.165, 1.54) is 12.1 Å². The molecular formula is C7H8BNO4. The van der Waals surface area contributed by atoms with Crippen LogP contribution in [0.3, 0.4) is 0 Å². The lowest BCUT2D eigenvalue weighted by molar-refractivity contribution is 0.0691. The molecule has 0 unspecified atom stereocenters. The molecule has 0 aliphatic carbocycles. The lowest BCUT2D eigenvalue weighted by Gasteiger charge is -2.03. The molecule has 6 heteroatoms. The lowest BCUT2D eigenvalue weighted by atomic mass is 9.79. The van der Waals surface area contributed by atoms with Crippen LogP contribution in [0.25, 0.3) is 0 Å². The molecular weight excluding hydrogens is 173 g/mol. The van der Waals surface area contributed by atoms with Gasteiger partial charge in [-0.3, -0.25) is 0 Å². The number of pyridine rings is 1. The summed E-state index contributed by atoms with van der Waals surface area (Å²) >= 11 is 0. The highest BCUT2D eigenvalue weighted by Gasteiger charge is 2.21. The van der Waals surface area contributed by atoms with Crippen LogP contribution in [0.4, 0.5) is 0 Å². The van der Waals surface area contributed by atoms with Gasteiger partial charge in [0.05, 0.1) is 0 Å². The molecule has 0 aliphatic heterocycles. The van der Waals surface area contributed by atoms with E-state index < -0.39 is 13.1 Å². The molecule has 0 bridgehead atoms. The van der Waals surface area contributed by atoms with Crippen molar-refractivity contribution < 1.29 is 19.9 Å². The average molecular weight is 181 g/mol. The Hall–Kier alpha value is -1.40. The van der Waals surface area contributed by atoms with Crippen molar-refractivity contribution in [3.8, 4) is 0 Å². The van der Waals surface area contributed by atoms with Crippen LogP contribution in [0.2, 0.25) is 0 Å². The topological polar surface area (TPSA) is 90.7 Å². The Morgan fingerprint density at radius 2 is 2.08 bits per heavy atom. The molecule has 0 radical (unpaired) electrons. The summed E-state index contributed by atoms with van der Waals surface area (Å²) in [4.78, 5) is 14.3. The molecule has 1 rings (SSSR count). The smallest absolute Gasteiger partial charge is 0.477 e. The summed E-state index contributed by atoms with van der Waals surface area (Å²) in [6.45, 7) is 1.62. The standard InChI is InChI=1S/C7H8BNO4/c1-4-2-3-5(8(12)13)6(9-4)7(10)11/h2-3,12-13H,1H3,(H,10,11). The molecule has 1 aromatic rings. The first-order valence-corrected chi connectivity index (χ1v) is 3.59. The van der Waals surface area contributed by atoms with Gasteiger partial charge >= 0.3 is 13.1 Å². The lowest BCUT2D eigenvalue weighted by Crippen LogP contribution is -2.35. The summed E-state index contributed by atoms with van der Waals surface area (Å²) in [6.07, 6.45) is 0. The molecule has 0 saturated carbocycles. The maximum Gasteiger partial charge on any atom is 0.490 e. The van der Waals surface area contributed by atoms with Gasteiger partial charge < -0.3 is 15.2 Å². The van der Waals surface area contributed by atoms with Crippen molar-refractivity contribution in [3.63, 3.8) is 0 Å². The maximum absolute atomic E-state index is 10.6. The summed E-state index contributed by atoms with van der Waals surface area (Å²) in [5.41, 5.74) is 0.0925. The Labute approximate surface area is 74.8 Å². The first-order chi connectivity index (χ1) is 6.02. The predicted molar refractivity (Wildman–Crippen MR) is 45.8 cm³/mol. The van der Waals surface area contributed by atoms with E-state index >= 15 is 0 Å². The largest absolute Gasteiger partial charge is 0.490 e. The normalized spacial score (nSPS) is 9.77. The zero-order valence-corrected chi connectivity index (χ0v) is 6.93. The Morgan fingerprint density at radius 1 is 1.46 bits per heavy atom. The first-order valence-electron chi connectivity index (χ1n) is 3.59. The van der Waals surface area contributed by atoms with E-state index in [2.05, 4.69) is 4.98 Å². The third kappa shape index (κ3) is 2.04. The molecule has 0 atom stereocenters. The van der Waals surface area contributed by atoms with Gasteiger partial charge in [0.1, 0.15) is 5.69 Å². The van der Waals surface area contributed by atoms with E-state index in [-0.39, 0.29) is 11.2 Å². The first kappa shape index (κ1) is 9.69. The van der Waals surface area contributed by atoms with E-state index in [0.29, 0.717) is 5.69 Å². The molecule has 1 heterocycles. The highest BCUT2D eigenvalue weighted by Crippen LogP contribution is 1.96. The van der Waals surface area contributed by atoms with Crippen molar-refractivity contribution in [1.82, 2.24) is 4.98 Å². The SMILES string of the molecule is Cc1ccc(B(O)O)c(C(=O)O)n1. The average Bonchev–Trinajstić information content (AvgIpc) is 2.03. The number of nitrogens with zero attached hydrogens (tertiary/aromatic N) is 1. The number of carboxylic acids is 1. The van der Waals surface area contributed by atoms with E-state index in [9.17, 15) is 4.79 Å². The Morgan fingerprint density at radius 3 is 2.54 bits per heavy atom. The van der Waals surface area contributed by atoms with Crippen LogP contribution in [0, 0.1) is 6.92 Å². The van der Waals surface area contributed by atoms with Crippen LogP contribution >= 0.6 is 0 Å². The van der Waals surface area contributed by atoms with Crippen LogP contribution in [-0.4, -0.2) is 33.2 Å². The van der Waals surface area contributed by atoms with Gasteiger partial charge in [0.15, 0.2) is 0 Å². The summed E-state index contributed by atoms with van der Waals surface area (Å²) in [6, 6.07) is 2.84. The fourth-order valence-electron chi connectivity index (χ4n) is 0.947. The number of aromatic nitrogens is 1. The van der Waals surface area contributed by atoms with Gasteiger partial charge in [-0.25, -0.2) is 9.78 Å². The second kappa shape index (κ2) is 3.55. The van der Waals surface area contributed by atoms with E-state index in [4.69, 9.17) is 15.2 Å². The second-order valence-corrected chi connectivity index (χ2v) is 2.57. The minimum atomic E-state index is -1.81. The Balaban J connectivity index is 3.27. The molecule has 0 spiro atoms. The van der Waals surface area contributed by atoms with Crippen LogP contribution in [0.5, 0.6) is 0 Å². The van der Waals surface area contributed by atoms with E-state index in [1.54, 1.807) is 6.92 Å². The summed E-state index contributed by atoms with van der Waals surface area (Å²) in [7, 11) is -1.81. The predicted octanol–water partition coefficient (Wildman–Crippen LogP) is -1.23. The van der Waals surface area contributed by atoms with Gasteiger partial charge in [-0.2, -0.15) is 0 Å². The number of hydrogen-bond acceptors (Lipinski definition) is 4. The molecule has 5 nitrogen and oxygen atoms in total. The quantitative estimate of drug-likeness (QED) is 0.496. The molecule has 0 saturated heterocycles. The van der Waals surface area contributed by atoms with Gasteiger partial charge in [0.2, 0.25) is 0 Å². The molecule has 13 heavy (non-hydrogen) atoms. The minimum absolute atomic E-state index is 0.0990. The van der Waals surface area contributed by atoms with Crippen molar-refractivity contribution >= 4 is 18.6 Å². The third-order valence-electron chi connectivity index (χ3n) is 1.55. The zero-order valence-electron chi connectivity index (χ0n) is 6.93. The zero-order chi connectivity index (χ0) is 10.0. The van der Waals surface area contributed by atoms with Gasteiger partial charge in [0, 0.05) is 11.2 Å². The van der Waals surface area contributed by atoms with Gasteiger partial charge in [-0.15, -0.1) is 0 Å². The van der Waals surface area contributed by atoms with Gasteiger partial charge in [-0.05, 0) is 13.0 Å². The van der Waals surface area contributed by atoms with Crippen molar-refractivity contribution in [2.75, 3.05) is 0 Å². The number of hydrogen-bond donors (Lipinski definition) is 3. The summed E-state index contributed by atoms with van der Waals surface area (Å²) in [5.74, 6) is -1.27. The molecule has 1 aromatic heterocycles. The minimum Gasteiger partial charge on any atom is -0.477 e. The Kier molecular flexibility index (Phi) is 2.65. The number of aryl methyl sites for hydroxylation is 1. The van der Waals surface area contributed by atoms with Crippen LogP contribution < -0.4 is 5.46 Å². The van der Waals surface area contributed by atoms with Gasteiger partial charge in [0.25, 0.3) is 0 Å². The number of aromatic carboxylic acids is 1. The van der Waals surface area contributed by atoms with Crippen molar-refractivity contribution in [3.05, 3.63) is 23.5 Å². The Bertz CT molecular complexity index is 339. The fraction of sp³-hybridized carbons (Fsp3) is 0.143. The second-order valence-electron chi connectivity index (χ2n) is 2.57. The maximum atomic E-state index is 10.6. The van der Waals surface area contributed by atoms with Gasteiger partial charge in [-0.1, -0.05) is 6.07 Å². The number of rotatable bonds is 2. The molecule has 0 amide bonds. The summed E-state index contributed by atoms with van der Waals surface area (Å²) < 4.78 is 0. The monoisotopic (exact) mass is 181 g/mol. The van der Waals surface area contributed by atoms with Crippen molar-refractivity contribution in [2.24, 2.45) is 0 Å². The molecule has 68 valence electrons. The summed E-state index contributed by atoms with van der Waals surface area (Å²) in [5, 5.41) is 26.2. The van der Waals surface area contributed by atoms with Crippen LogP contribution in [0.1, 0.15) is 16.2 Å². The molecule has 0 aliphatic rings. The van der Waals surface area contributed by atoms with E-state index in [1.807, 2.05) is 0 Å². The molecule has 3 N–H and O–H groups in total.